The van der Waals surface area contributed by atoms with Crippen LogP contribution < -0.4 is 4.72 Å². The normalized spacial score (nSPS) is 13.7. The van der Waals surface area contributed by atoms with Gasteiger partial charge in [-0.25, -0.2) is 18.1 Å². The summed E-state index contributed by atoms with van der Waals surface area (Å²) in [5.74, 6) is 0. The van der Waals surface area contributed by atoms with Crippen LogP contribution in [-0.2, 0) is 10.0 Å². The summed E-state index contributed by atoms with van der Waals surface area (Å²) >= 11 is 5.90. The fourth-order valence-corrected chi connectivity index (χ4v) is 3.39. The second-order valence-electron chi connectivity index (χ2n) is 3.78. The summed E-state index contributed by atoms with van der Waals surface area (Å²) < 4.78 is 28.3. The zero-order valence-electron chi connectivity index (χ0n) is 9.67. The van der Waals surface area contributed by atoms with E-state index < -0.39 is 10.0 Å². The van der Waals surface area contributed by atoms with Crippen molar-refractivity contribution in [2.45, 2.75) is 18.0 Å². The Morgan fingerprint density at radius 2 is 2.28 bits per heavy atom. The maximum Gasteiger partial charge on any atom is 0.260 e. The number of imidazole rings is 1. The van der Waals surface area contributed by atoms with E-state index in [2.05, 4.69) is 16.3 Å². The molecule has 1 N–H and O–H groups in total. The van der Waals surface area contributed by atoms with Crippen molar-refractivity contribution < 1.29 is 8.42 Å². The standard InChI is InChI=1S/C11H12ClN3O2S/c1-3-8(2)14-18(16,17)11-10(12)13-9-6-4-5-7-15(9)11/h3-8,14H,1H2,2H3. The maximum absolute atomic E-state index is 12.2. The summed E-state index contributed by atoms with van der Waals surface area (Å²) in [5.41, 5.74) is 0.481. The molecule has 0 saturated carbocycles. The number of halogens is 1. The van der Waals surface area contributed by atoms with Crippen molar-refractivity contribution in [3.63, 3.8) is 0 Å². The summed E-state index contributed by atoms with van der Waals surface area (Å²) in [7, 11) is -3.74. The van der Waals surface area contributed by atoms with Crippen molar-refractivity contribution in [3.05, 3.63) is 42.2 Å². The molecule has 2 heterocycles. The second kappa shape index (κ2) is 4.72. The molecular formula is C11H12ClN3O2S. The van der Waals surface area contributed by atoms with E-state index in [-0.39, 0.29) is 16.2 Å². The predicted molar refractivity (Wildman–Crippen MR) is 70.2 cm³/mol. The molecule has 2 rings (SSSR count). The van der Waals surface area contributed by atoms with E-state index in [0.717, 1.165) is 0 Å². The SMILES string of the molecule is C=CC(C)NS(=O)(=O)c1c(Cl)nc2ccccn12. The fourth-order valence-electron chi connectivity index (χ4n) is 1.53. The van der Waals surface area contributed by atoms with Gasteiger partial charge >= 0.3 is 0 Å². The molecule has 2 aromatic heterocycles. The molecule has 0 bridgehead atoms. The summed E-state index contributed by atoms with van der Waals surface area (Å²) in [6, 6.07) is 4.76. The van der Waals surface area contributed by atoms with Crippen LogP contribution in [0.15, 0.2) is 42.1 Å². The van der Waals surface area contributed by atoms with Crippen LogP contribution in [-0.4, -0.2) is 23.8 Å². The van der Waals surface area contributed by atoms with Gasteiger partial charge < -0.3 is 0 Å². The molecule has 0 radical (unpaired) electrons. The van der Waals surface area contributed by atoms with E-state index in [0.29, 0.717) is 5.65 Å². The summed E-state index contributed by atoms with van der Waals surface area (Å²) in [4.78, 5) is 4.00. The summed E-state index contributed by atoms with van der Waals surface area (Å²) in [6.45, 7) is 5.21. The van der Waals surface area contributed by atoms with Gasteiger partial charge in [-0.05, 0) is 19.1 Å². The van der Waals surface area contributed by atoms with Crippen LogP contribution >= 0.6 is 11.6 Å². The van der Waals surface area contributed by atoms with Gasteiger partial charge in [-0.2, -0.15) is 0 Å². The molecule has 0 aliphatic carbocycles. The van der Waals surface area contributed by atoms with Crippen LogP contribution in [0.4, 0.5) is 0 Å². The van der Waals surface area contributed by atoms with Crippen molar-refractivity contribution >= 4 is 27.3 Å². The molecule has 0 aliphatic rings. The first-order valence-corrected chi connectivity index (χ1v) is 7.09. The van der Waals surface area contributed by atoms with Crippen LogP contribution in [0.3, 0.4) is 0 Å². The summed E-state index contributed by atoms with van der Waals surface area (Å²) in [5, 5.41) is -0.113. The lowest BCUT2D eigenvalue weighted by atomic mass is 10.4. The van der Waals surface area contributed by atoms with Crippen molar-refractivity contribution in [1.29, 1.82) is 0 Å². The number of pyridine rings is 1. The lowest BCUT2D eigenvalue weighted by Crippen LogP contribution is -2.31. The van der Waals surface area contributed by atoms with Gasteiger partial charge in [0.25, 0.3) is 10.0 Å². The van der Waals surface area contributed by atoms with Gasteiger partial charge in [-0.15, -0.1) is 6.58 Å². The Bertz CT molecular complexity index is 693. The molecule has 2 aromatic rings. The van der Waals surface area contributed by atoms with Crippen LogP contribution in [0.2, 0.25) is 5.15 Å². The number of hydrogen-bond donors (Lipinski definition) is 1. The Balaban J connectivity index is 2.60. The van der Waals surface area contributed by atoms with Gasteiger partial charge in [0.2, 0.25) is 0 Å². The van der Waals surface area contributed by atoms with Crippen molar-refractivity contribution in [1.82, 2.24) is 14.1 Å². The molecule has 7 heteroatoms. The van der Waals surface area contributed by atoms with Crippen LogP contribution in [0.1, 0.15) is 6.92 Å². The molecule has 96 valence electrons. The third-order valence-corrected chi connectivity index (χ3v) is 4.35. The van der Waals surface area contributed by atoms with E-state index in [1.807, 2.05) is 0 Å². The number of hydrogen-bond acceptors (Lipinski definition) is 3. The first-order valence-electron chi connectivity index (χ1n) is 5.23. The lowest BCUT2D eigenvalue weighted by Gasteiger charge is -2.10. The van der Waals surface area contributed by atoms with Crippen molar-refractivity contribution in [2.75, 3.05) is 0 Å². The molecule has 0 fully saturated rings. The average Bonchev–Trinajstić information content (AvgIpc) is 2.64. The topological polar surface area (TPSA) is 63.5 Å². The Kier molecular flexibility index (Phi) is 3.43. The molecule has 0 amide bonds. The zero-order valence-corrected chi connectivity index (χ0v) is 11.2. The highest BCUT2D eigenvalue weighted by atomic mass is 35.5. The molecule has 0 aliphatic heterocycles. The molecule has 0 saturated heterocycles. The molecule has 0 spiro atoms. The highest BCUT2D eigenvalue weighted by Gasteiger charge is 2.25. The number of rotatable bonds is 4. The van der Waals surface area contributed by atoms with Crippen LogP contribution in [0.5, 0.6) is 0 Å². The first-order chi connectivity index (χ1) is 8.45. The van der Waals surface area contributed by atoms with Gasteiger partial charge in [-0.1, -0.05) is 23.7 Å². The molecule has 1 atom stereocenters. The number of nitrogens with zero attached hydrogens (tertiary/aromatic N) is 2. The quantitative estimate of drug-likeness (QED) is 0.872. The number of nitrogens with one attached hydrogen (secondary N) is 1. The Hall–Kier alpha value is -1.37. The molecule has 1 unspecified atom stereocenters. The largest absolute Gasteiger partial charge is 0.288 e. The molecule has 5 nitrogen and oxygen atoms in total. The van der Waals surface area contributed by atoms with Crippen molar-refractivity contribution in [2.24, 2.45) is 0 Å². The first kappa shape index (κ1) is 13.1. The minimum atomic E-state index is -3.74. The second-order valence-corrected chi connectivity index (χ2v) is 5.77. The van der Waals surface area contributed by atoms with E-state index >= 15 is 0 Å². The van der Waals surface area contributed by atoms with Crippen molar-refractivity contribution in [3.8, 4) is 0 Å². The van der Waals surface area contributed by atoms with Gasteiger partial charge in [0.05, 0.1) is 0 Å². The minimum absolute atomic E-state index is 0.0510. The van der Waals surface area contributed by atoms with E-state index in [4.69, 9.17) is 11.6 Å². The predicted octanol–water partition coefficient (Wildman–Crippen LogP) is 1.84. The smallest absolute Gasteiger partial charge is 0.260 e. The van der Waals surface area contributed by atoms with E-state index in [1.165, 1.54) is 10.5 Å². The zero-order chi connectivity index (χ0) is 13.3. The minimum Gasteiger partial charge on any atom is -0.288 e. The highest BCUT2D eigenvalue weighted by molar-refractivity contribution is 7.89. The lowest BCUT2D eigenvalue weighted by molar-refractivity contribution is 0.571. The Morgan fingerprint density at radius 3 is 2.94 bits per heavy atom. The van der Waals surface area contributed by atoms with E-state index in [9.17, 15) is 8.42 Å². The molecule has 18 heavy (non-hydrogen) atoms. The third-order valence-electron chi connectivity index (χ3n) is 2.40. The number of aromatic nitrogens is 2. The van der Waals surface area contributed by atoms with Gasteiger partial charge in [0, 0.05) is 12.2 Å². The maximum atomic E-state index is 12.2. The van der Waals surface area contributed by atoms with E-state index in [1.54, 1.807) is 31.3 Å². The van der Waals surface area contributed by atoms with Gasteiger partial charge in [-0.3, -0.25) is 4.40 Å². The Labute approximate surface area is 110 Å². The molecule has 0 aromatic carbocycles. The average molecular weight is 286 g/mol. The fraction of sp³-hybridized carbons (Fsp3) is 0.182. The number of fused-ring (bicyclic) bond motifs is 1. The summed E-state index contributed by atoms with van der Waals surface area (Å²) in [6.07, 6.45) is 3.09. The molecular weight excluding hydrogens is 274 g/mol. The van der Waals surface area contributed by atoms with Crippen LogP contribution in [0.25, 0.3) is 5.65 Å². The van der Waals surface area contributed by atoms with Gasteiger partial charge in [0.1, 0.15) is 5.65 Å². The number of sulfonamides is 1. The van der Waals surface area contributed by atoms with Gasteiger partial charge in [0.15, 0.2) is 10.2 Å². The van der Waals surface area contributed by atoms with Crippen LogP contribution in [0, 0.1) is 0 Å². The third kappa shape index (κ3) is 2.27. The Morgan fingerprint density at radius 1 is 1.56 bits per heavy atom. The monoisotopic (exact) mass is 285 g/mol. The highest BCUT2D eigenvalue weighted by Crippen LogP contribution is 2.22.